The Hall–Kier alpha value is -1.12. The lowest BCUT2D eigenvalue weighted by atomic mass is 10.3. The predicted molar refractivity (Wildman–Crippen MR) is 74.7 cm³/mol. The number of hydrogen-bond acceptors (Lipinski definition) is 5. The number of anilines is 1. The average molecular weight is 362 g/mol. The molecule has 1 aromatic heterocycles. The summed E-state index contributed by atoms with van der Waals surface area (Å²) in [6.07, 6.45) is 1.60. The fraction of sp³-hybridized carbons (Fsp3) is 0.545. The molecule has 0 aromatic carbocycles. The van der Waals surface area contributed by atoms with Gasteiger partial charge in [-0.3, -0.25) is 4.90 Å². The highest BCUT2D eigenvalue weighted by Crippen LogP contribution is 2.25. The largest absolute Gasteiger partial charge is 0.449 e. The van der Waals surface area contributed by atoms with Crippen LogP contribution in [-0.2, 0) is 17.8 Å². The number of halogens is 1. The molecule has 7 heteroatoms. The minimum absolute atomic E-state index is 0.249. The first-order valence-electron chi connectivity index (χ1n) is 5.84. The van der Waals surface area contributed by atoms with Gasteiger partial charge in [0, 0.05) is 5.56 Å². The van der Waals surface area contributed by atoms with Gasteiger partial charge in [-0.25, -0.2) is 14.8 Å². The van der Waals surface area contributed by atoms with Gasteiger partial charge >= 0.3 is 6.09 Å². The predicted octanol–water partition coefficient (Wildman–Crippen LogP) is 1.92. The molecule has 1 amide bonds. The molecular formula is C11H15IN4O2. The molecule has 2 rings (SSSR count). The zero-order valence-corrected chi connectivity index (χ0v) is 12.3. The lowest BCUT2D eigenvalue weighted by Crippen LogP contribution is -2.26. The Kier molecular flexibility index (Phi) is 4.20. The number of unbranched alkanes of at least 4 members (excludes halogenated alkanes) is 1. The second-order valence-electron chi connectivity index (χ2n) is 4.12. The zero-order chi connectivity index (χ0) is 13.1. The minimum Gasteiger partial charge on any atom is -0.449 e. The topological polar surface area (TPSA) is 81.3 Å². The number of nitrogens with zero attached hydrogens (tertiary/aromatic N) is 3. The molecule has 18 heavy (non-hydrogen) atoms. The lowest BCUT2D eigenvalue weighted by Gasteiger charge is -2.14. The van der Waals surface area contributed by atoms with Gasteiger partial charge in [-0.15, -0.1) is 0 Å². The molecule has 0 saturated heterocycles. The summed E-state index contributed by atoms with van der Waals surface area (Å²) in [4.78, 5) is 21.7. The number of fused-ring (bicyclic) bond motifs is 1. The summed E-state index contributed by atoms with van der Waals surface area (Å²) in [7, 11) is 0. The maximum atomic E-state index is 11.8. The first kappa shape index (κ1) is 13.3. The van der Waals surface area contributed by atoms with Crippen molar-refractivity contribution in [1.82, 2.24) is 14.9 Å². The molecule has 0 unspecified atom stereocenters. The smallest absolute Gasteiger partial charge is 0.410 e. The van der Waals surface area contributed by atoms with Crippen molar-refractivity contribution in [2.75, 3.05) is 12.3 Å². The van der Waals surface area contributed by atoms with Crippen LogP contribution < -0.4 is 5.73 Å². The zero-order valence-electron chi connectivity index (χ0n) is 10.1. The molecule has 0 spiro atoms. The Bertz CT molecular complexity index is 467. The van der Waals surface area contributed by atoms with Crippen LogP contribution in [0.5, 0.6) is 0 Å². The van der Waals surface area contributed by atoms with Crippen molar-refractivity contribution in [3.05, 3.63) is 15.0 Å². The maximum Gasteiger partial charge on any atom is 0.410 e. The van der Waals surface area contributed by atoms with Gasteiger partial charge in [0.05, 0.1) is 25.4 Å². The van der Waals surface area contributed by atoms with Crippen molar-refractivity contribution >= 4 is 34.6 Å². The second kappa shape index (κ2) is 5.68. The first-order valence-corrected chi connectivity index (χ1v) is 6.92. The van der Waals surface area contributed by atoms with Crippen molar-refractivity contribution in [3.63, 3.8) is 0 Å². The molecule has 0 bridgehead atoms. The number of amides is 1. The van der Waals surface area contributed by atoms with Gasteiger partial charge in [0.2, 0.25) is 5.95 Å². The van der Waals surface area contributed by atoms with Crippen LogP contribution in [0.2, 0.25) is 0 Å². The van der Waals surface area contributed by atoms with E-state index >= 15 is 0 Å². The standard InChI is InChI=1S/C11H15IN4O2/c1-2-3-4-18-11(17)16-5-7-8(6-16)14-10(13)15-9(7)12/h2-6H2,1H3,(H2,13,14,15). The van der Waals surface area contributed by atoms with Gasteiger partial charge in [-0.05, 0) is 29.0 Å². The Morgan fingerprint density at radius 2 is 2.28 bits per heavy atom. The third kappa shape index (κ3) is 2.82. The van der Waals surface area contributed by atoms with E-state index in [1.165, 1.54) is 0 Å². The molecule has 2 heterocycles. The summed E-state index contributed by atoms with van der Waals surface area (Å²) in [6, 6.07) is 0. The number of nitrogens with two attached hydrogens (primary N) is 1. The van der Waals surface area contributed by atoms with Gasteiger partial charge in [-0.1, -0.05) is 13.3 Å². The molecule has 6 nitrogen and oxygen atoms in total. The van der Waals surface area contributed by atoms with Gasteiger partial charge in [0.25, 0.3) is 0 Å². The van der Waals surface area contributed by atoms with Crippen LogP contribution in [-0.4, -0.2) is 27.6 Å². The number of carbonyl (C=O) groups excluding carboxylic acids is 1. The van der Waals surface area contributed by atoms with Crippen LogP contribution in [0.15, 0.2) is 0 Å². The van der Waals surface area contributed by atoms with Crippen LogP contribution in [0, 0.1) is 3.70 Å². The molecule has 0 aliphatic carbocycles. The molecule has 0 radical (unpaired) electrons. The van der Waals surface area contributed by atoms with E-state index in [9.17, 15) is 4.79 Å². The number of rotatable bonds is 3. The Labute approximate surface area is 119 Å². The molecule has 1 aliphatic heterocycles. The summed E-state index contributed by atoms with van der Waals surface area (Å²) in [5, 5.41) is 0. The molecule has 0 fully saturated rings. The van der Waals surface area contributed by atoms with Crippen LogP contribution >= 0.6 is 22.6 Å². The first-order chi connectivity index (χ1) is 8.61. The maximum absolute atomic E-state index is 11.8. The highest BCUT2D eigenvalue weighted by Gasteiger charge is 2.28. The molecule has 1 aliphatic rings. The third-order valence-corrected chi connectivity index (χ3v) is 3.62. The lowest BCUT2D eigenvalue weighted by molar-refractivity contribution is 0.100. The van der Waals surface area contributed by atoms with Crippen LogP contribution in [0.3, 0.4) is 0 Å². The second-order valence-corrected chi connectivity index (χ2v) is 5.14. The molecular weight excluding hydrogens is 347 g/mol. The Balaban J connectivity index is 2.01. The van der Waals surface area contributed by atoms with Crippen molar-refractivity contribution < 1.29 is 9.53 Å². The van der Waals surface area contributed by atoms with Crippen LogP contribution in [0.4, 0.5) is 10.7 Å². The molecule has 0 saturated carbocycles. The van der Waals surface area contributed by atoms with Crippen molar-refractivity contribution in [2.45, 2.75) is 32.9 Å². The summed E-state index contributed by atoms with van der Waals surface area (Å²) < 4.78 is 5.98. The minimum atomic E-state index is -0.296. The van der Waals surface area contributed by atoms with Crippen molar-refractivity contribution in [1.29, 1.82) is 0 Å². The van der Waals surface area contributed by atoms with Gasteiger partial charge in [-0.2, -0.15) is 0 Å². The molecule has 0 atom stereocenters. The number of nitrogen functional groups attached to an aromatic ring is 1. The number of aromatic nitrogens is 2. The van der Waals surface area contributed by atoms with E-state index in [0.29, 0.717) is 19.7 Å². The Morgan fingerprint density at radius 3 is 3.00 bits per heavy atom. The van der Waals surface area contributed by atoms with E-state index in [1.807, 2.05) is 0 Å². The third-order valence-electron chi connectivity index (χ3n) is 2.73. The monoisotopic (exact) mass is 362 g/mol. The van der Waals surface area contributed by atoms with E-state index < -0.39 is 0 Å². The quantitative estimate of drug-likeness (QED) is 0.505. The van der Waals surface area contributed by atoms with E-state index in [0.717, 1.165) is 27.8 Å². The normalized spacial score (nSPS) is 13.6. The van der Waals surface area contributed by atoms with E-state index in [-0.39, 0.29) is 12.0 Å². The summed E-state index contributed by atoms with van der Waals surface area (Å²) >= 11 is 2.11. The van der Waals surface area contributed by atoms with E-state index in [4.69, 9.17) is 10.5 Å². The molecule has 1 aromatic rings. The van der Waals surface area contributed by atoms with Gasteiger partial charge in [0.15, 0.2) is 0 Å². The van der Waals surface area contributed by atoms with Crippen molar-refractivity contribution in [3.8, 4) is 0 Å². The van der Waals surface area contributed by atoms with E-state index in [2.05, 4.69) is 39.5 Å². The summed E-state index contributed by atoms with van der Waals surface area (Å²) in [6.45, 7) is 3.47. The fourth-order valence-corrected chi connectivity index (χ4v) is 2.49. The molecule has 2 N–H and O–H groups in total. The summed E-state index contributed by atoms with van der Waals surface area (Å²) in [5.41, 5.74) is 7.38. The van der Waals surface area contributed by atoms with Gasteiger partial charge in [0.1, 0.15) is 3.70 Å². The van der Waals surface area contributed by atoms with Crippen LogP contribution in [0.25, 0.3) is 0 Å². The highest BCUT2D eigenvalue weighted by molar-refractivity contribution is 14.1. The SMILES string of the molecule is CCCCOC(=O)N1Cc2nc(N)nc(I)c2C1. The highest BCUT2D eigenvalue weighted by atomic mass is 127. The van der Waals surface area contributed by atoms with Gasteiger partial charge < -0.3 is 10.5 Å². The average Bonchev–Trinajstić information content (AvgIpc) is 2.73. The molecule has 98 valence electrons. The number of carbonyl (C=O) groups is 1. The summed E-state index contributed by atoms with van der Waals surface area (Å²) in [5.74, 6) is 0.249. The number of hydrogen-bond donors (Lipinski definition) is 1. The number of ether oxygens (including phenoxy) is 1. The fourth-order valence-electron chi connectivity index (χ4n) is 1.76. The Morgan fingerprint density at radius 1 is 1.50 bits per heavy atom. The van der Waals surface area contributed by atoms with Crippen LogP contribution in [0.1, 0.15) is 31.0 Å². The van der Waals surface area contributed by atoms with E-state index in [1.54, 1.807) is 4.90 Å². The van der Waals surface area contributed by atoms with Crippen molar-refractivity contribution in [2.24, 2.45) is 0 Å².